The van der Waals surface area contributed by atoms with E-state index in [0.29, 0.717) is 0 Å². The minimum Gasteiger partial charge on any atom is -0.0622 e. The molecule has 0 bridgehead atoms. The van der Waals surface area contributed by atoms with E-state index in [2.05, 4.69) is 6.07 Å². The van der Waals surface area contributed by atoms with E-state index in [1.165, 1.54) is 0 Å². The molecule has 1 aromatic rings. The van der Waals surface area contributed by atoms with Crippen LogP contribution in [0.15, 0.2) is 30.3 Å². The molecule has 9 heavy (non-hydrogen) atoms. The van der Waals surface area contributed by atoms with Crippen LogP contribution in [0.25, 0.3) is 0 Å². The van der Waals surface area contributed by atoms with E-state index in [-0.39, 0.29) is 154 Å². The van der Waals surface area contributed by atoms with Gasteiger partial charge in [-0.15, -0.1) is 0 Å². The van der Waals surface area contributed by atoms with Crippen molar-refractivity contribution in [2.24, 2.45) is 0 Å². The monoisotopic (exact) mass is 197 g/mol. The first kappa shape index (κ1) is 18.8. The molecule has 0 fully saturated rings. The molecule has 0 aliphatic rings. The minimum atomic E-state index is 0. The summed E-state index contributed by atoms with van der Waals surface area (Å²) < 4.78 is 0. The molecule has 1 radical (unpaired) electrons. The van der Waals surface area contributed by atoms with Crippen LogP contribution in [0.5, 0.6) is 0 Å². The molecule has 1 rings (SSSR count). The minimum absolute atomic E-state index is 0. The van der Waals surface area contributed by atoms with E-state index in [9.17, 15) is 0 Å². The van der Waals surface area contributed by atoms with Crippen LogP contribution in [-0.2, 0) is 0 Å². The van der Waals surface area contributed by atoms with Crippen LogP contribution in [0.4, 0.5) is 0 Å². The molecule has 0 unspecified atom stereocenters. The molecule has 0 aliphatic carbocycles. The van der Waals surface area contributed by atoms with Crippen LogP contribution in [-0.4, -0.2) is 154 Å². The number of rotatable bonds is 0. The van der Waals surface area contributed by atoms with Crippen molar-refractivity contribution in [2.45, 2.75) is 0 Å². The topological polar surface area (TPSA) is 0 Å². The van der Waals surface area contributed by atoms with Gasteiger partial charge in [0.15, 0.2) is 0 Å². The standard InChI is InChI=1S/C6H5.3K.3H/c1-2-4-6-5-3-1;;;;;;/h1-5H;;;;;;. The molecule has 0 amide bonds. The second-order valence-corrected chi connectivity index (χ2v) is 1.08. The summed E-state index contributed by atoms with van der Waals surface area (Å²) in [4.78, 5) is 0. The maximum absolute atomic E-state index is 2.89. The van der Waals surface area contributed by atoms with Crippen LogP contribution >= 0.6 is 0 Å². The zero-order valence-corrected chi connectivity index (χ0v) is 3.39. The van der Waals surface area contributed by atoms with Gasteiger partial charge in [-0.05, 0) is 6.07 Å². The van der Waals surface area contributed by atoms with Gasteiger partial charge in [-0.3, -0.25) is 0 Å². The third kappa shape index (κ3) is 12.1. The summed E-state index contributed by atoms with van der Waals surface area (Å²) in [6, 6.07) is 12.5. The first-order chi connectivity index (χ1) is 3.00. The van der Waals surface area contributed by atoms with Gasteiger partial charge < -0.3 is 0 Å². The summed E-state index contributed by atoms with van der Waals surface area (Å²) in [5.74, 6) is 0. The van der Waals surface area contributed by atoms with Crippen molar-refractivity contribution in [1.29, 1.82) is 0 Å². The Balaban J connectivity index is -0.000000120. The van der Waals surface area contributed by atoms with Gasteiger partial charge in [-0.2, -0.15) is 0 Å². The fourth-order valence-corrected chi connectivity index (χ4v) is 0.342. The molecule has 0 saturated carbocycles. The smallest absolute Gasteiger partial charge is 0.0184 e. The van der Waals surface area contributed by atoms with Crippen LogP contribution in [0.2, 0.25) is 0 Å². The maximum atomic E-state index is 2.89. The van der Waals surface area contributed by atoms with Gasteiger partial charge in [0.2, 0.25) is 0 Å². The number of hydrogen-bond acceptors (Lipinski definition) is 0. The molecule has 0 spiro atoms. The summed E-state index contributed by atoms with van der Waals surface area (Å²) in [6.07, 6.45) is 0. The summed E-state index contributed by atoms with van der Waals surface area (Å²) >= 11 is 0. The second-order valence-electron chi connectivity index (χ2n) is 1.08. The summed E-state index contributed by atoms with van der Waals surface area (Å²) in [5.41, 5.74) is 0. The third-order valence-electron chi connectivity index (χ3n) is 0.607. The average molecular weight is 197 g/mol. The largest absolute Gasteiger partial charge is 0.0622 e. The zero-order valence-electron chi connectivity index (χ0n) is 3.39. The van der Waals surface area contributed by atoms with Gasteiger partial charge in [-0.1, -0.05) is 30.3 Å². The second kappa shape index (κ2) is 14.6. The Morgan fingerprint density at radius 3 is 1.22 bits per heavy atom. The molecule has 0 N–H and O–H groups in total. The van der Waals surface area contributed by atoms with E-state index in [4.69, 9.17) is 0 Å². The molecule has 0 heterocycles. The molecule has 0 aliphatic heterocycles. The number of benzene rings is 1. The van der Waals surface area contributed by atoms with Crippen molar-refractivity contribution in [2.75, 3.05) is 0 Å². The molecule has 0 saturated heterocycles. The Kier molecular flexibility index (Phi) is 30.6. The van der Waals surface area contributed by atoms with Crippen molar-refractivity contribution in [3.8, 4) is 0 Å². The van der Waals surface area contributed by atoms with E-state index in [1.807, 2.05) is 30.3 Å². The van der Waals surface area contributed by atoms with Crippen molar-refractivity contribution in [3.05, 3.63) is 36.4 Å². The predicted molar refractivity (Wildman–Crippen MR) is 46.7 cm³/mol. The van der Waals surface area contributed by atoms with Crippen LogP contribution in [0, 0.1) is 6.07 Å². The van der Waals surface area contributed by atoms with Crippen molar-refractivity contribution < 1.29 is 0 Å². The Morgan fingerprint density at radius 2 is 1.11 bits per heavy atom. The summed E-state index contributed by atoms with van der Waals surface area (Å²) in [5, 5.41) is 0. The van der Waals surface area contributed by atoms with Crippen LogP contribution in [0.3, 0.4) is 0 Å². The summed E-state index contributed by atoms with van der Waals surface area (Å²) in [6.45, 7) is 0. The third-order valence-corrected chi connectivity index (χ3v) is 0.607. The van der Waals surface area contributed by atoms with Gasteiger partial charge in [-0.25, -0.2) is 0 Å². The van der Waals surface area contributed by atoms with Gasteiger partial charge in [0, 0.05) is 0 Å². The first-order valence-corrected chi connectivity index (χ1v) is 1.91. The Morgan fingerprint density at radius 1 is 0.667 bits per heavy atom. The maximum Gasteiger partial charge on any atom is -0.0184 e. The van der Waals surface area contributed by atoms with Gasteiger partial charge >= 0.3 is 154 Å². The Bertz CT molecular complexity index is 80.2. The van der Waals surface area contributed by atoms with Crippen LogP contribution < -0.4 is 0 Å². The van der Waals surface area contributed by atoms with E-state index in [1.54, 1.807) is 0 Å². The van der Waals surface area contributed by atoms with Gasteiger partial charge in [0.25, 0.3) is 0 Å². The average Bonchev–Trinajstić information content (AvgIpc) is 1.72. The van der Waals surface area contributed by atoms with Crippen molar-refractivity contribution in [1.82, 2.24) is 0 Å². The van der Waals surface area contributed by atoms with Gasteiger partial charge in [0.1, 0.15) is 0 Å². The fraction of sp³-hybridized carbons (Fsp3) is 0. The molecular weight excluding hydrogens is 189 g/mol. The first-order valence-electron chi connectivity index (χ1n) is 1.91. The van der Waals surface area contributed by atoms with E-state index in [0.717, 1.165) is 0 Å². The molecule has 35 valence electrons. The van der Waals surface area contributed by atoms with Crippen molar-refractivity contribution >= 4 is 154 Å². The molecule has 0 nitrogen and oxygen atoms in total. The molecule has 0 aromatic heterocycles. The number of hydrogen-bond donors (Lipinski definition) is 0. The molecule has 1 aromatic carbocycles. The van der Waals surface area contributed by atoms with E-state index >= 15 is 0 Å². The van der Waals surface area contributed by atoms with Crippen molar-refractivity contribution in [3.63, 3.8) is 0 Å². The van der Waals surface area contributed by atoms with E-state index < -0.39 is 0 Å². The molecule has 3 heteroatoms. The Labute approximate surface area is 184 Å². The normalized spacial score (nSPS) is 5.33. The Hall–Kier alpha value is 4.13. The summed E-state index contributed by atoms with van der Waals surface area (Å²) in [7, 11) is 0. The van der Waals surface area contributed by atoms with Gasteiger partial charge in [0.05, 0.1) is 0 Å². The predicted octanol–water partition coefficient (Wildman–Crippen LogP) is -0.459. The fourth-order valence-electron chi connectivity index (χ4n) is 0.342. The quantitative estimate of drug-likeness (QED) is 0.494. The van der Waals surface area contributed by atoms with Crippen LogP contribution in [0.1, 0.15) is 0 Å². The zero-order chi connectivity index (χ0) is 4.24. The molecular formula is C6H8K3. The SMILES string of the molecule is [KH].[KH].[KH].[c]1ccccc1. The molecule has 0 atom stereocenters.